The van der Waals surface area contributed by atoms with Crippen LogP contribution in [0.2, 0.25) is 0 Å². The second-order valence-electron chi connectivity index (χ2n) is 7.86. The zero-order valence-electron chi connectivity index (χ0n) is 19.0. The van der Waals surface area contributed by atoms with Crippen LogP contribution in [0.3, 0.4) is 0 Å². The van der Waals surface area contributed by atoms with Crippen LogP contribution in [-0.2, 0) is 15.0 Å². The number of rotatable bonds is 8. The van der Waals surface area contributed by atoms with Gasteiger partial charge in [0.1, 0.15) is 11.5 Å². The fourth-order valence-corrected chi connectivity index (χ4v) is 3.99. The Bertz CT molecular complexity index is 1380. The molecule has 4 aromatic rings. The van der Waals surface area contributed by atoms with Crippen LogP contribution in [0.25, 0.3) is 0 Å². The number of para-hydroxylation sites is 1. The van der Waals surface area contributed by atoms with Crippen LogP contribution in [0, 0.1) is 0 Å². The van der Waals surface area contributed by atoms with Gasteiger partial charge in [0.25, 0.3) is 11.8 Å². The molecule has 3 amide bonds. The number of anilines is 1. The number of benzene rings is 4. The first-order valence-corrected chi connectivity index (χ1v) is 11.0. The van der Waals surface area contributed by atoms with Crippen molar-refractivity contribution in [2.45, 2.75) is 5.41 Å². The van der Waals surface area contributed by atoms with E-state index < -0.39 is 23.1 Å². The predicted octanol–water partition coefficient (Wildman–Crippen LogP) is 4.01. The van der Waals surface area contributed by atoms with E-state index in [2.05, 4.69) is 5.32 Å². The Morgan fingerprint density at radius 1 is 0.750 bits per heavy atom. The number of hydroxylamine groups is 1. The van der Waals surface area contributed by atoms with Gasteiger partial charge in [0.15, 0.2) is 5.41 Å². The Labute approximate surface area is 207 Å². The van der Waals surface area contributed by atoms with Gasteiger partial charge in [0, 0.05) is 22.9 Å². The third-order valence-electron chi connectivity index (χ3n) is 5.68. The van der Waals surface area contributed by atoms with E-state index in [0.29, 0.717) is 17.1 Å². The first kappa shape index (κ1) is 24.2. The molecule has 180 valence electrons. The highest BCUT2D eigenvalue weighted by Crippen LogP contribution is 2.40. The molecule has 4 aromatic carbocycles. The van der Waals surface area contributed by atoms with E-state index in [9.17, 15) is 19.6 Å². The molecule has 1 unspecified atom stereocenters. The van der Waals surface area contributed by atoms with Gasteiger partial charge in [-0.25, -0.2) is 5.48 Å². The number of primary amides is 1. The SMILES string of the molecule is NC(=O)C(C(=O)NO)(c1ccccc1)c1ccc(Oc2ccccc2)cc1NC(=O)c1ccccc1. The summed E-state index contributed by atoms with van der Waals surface area (Å²) in [4.78, 5) is 39.3. The molecule has 0 saturated heterocycles. The number of hydrogen-bond donors (Lipinski definition) is 4. The van der Waals surface area contributed by atoms with E-state index in [1.54, 1.807) is 84.3 Å². The quantitative estimate of drug-likeness (QED) is 0.172. The van der Waals surface area contributed by atoms with Crippen molar-refractivity contribution in [3.8, 4) is 11.5 Å². The van der Waals surface area contributed by atoms with Crippen LogP contribution >= 0.6 is 0 Å². The molecule has 5 N–H and O–H groups in total. The molecule has 0 fully saturated rings. The molecule has 0 heterocycles. The van der Waals surface area contributed by atoms with Crippen LogP contribution in [-0.4, -0.2) is 22.9 Å². The summed E-state index contributed by atoms with van der Waals surface area (Å²) >= 11 is 0. The molecule has 0 saturated carbocycles. The molecule has 0 aliphatic rings. The molecule has 0 aliphatic heterocycles. The summed E-state index contributed by atoms with van der Waals surface area (Å²) in [6.07, 6.45) is 0. The lowest BCUT2D eigenvalue weighted by Gasteiger charge is -2.31. The van der Waals surface area contributed by atoms with Gasteiger partial charge in [0.05, 0.1) is 0 Å². The summed E-state index contributed by atoms with van der Waals surface area (Å²) in [5.41, 5.74) is 5.94. The third kappa shape index (κ3) is 4.66. The Balaban J connectivity index is 1.91. The van der Waals surface area contributed by atoms with Gasteiger partial charge in [-0.2, -0.15) is 0 Å². The highest BCUT2D eigenvalue weighted by molar-refractivity contribution is 6.15. The van der Waals surface area contributed by atoms with Crippen molar-refractivity contribution in [1.82, 2.24) is 5.48 Å². The number of carbonyl (C=O) groups is 3. The van der Waals surface area contributed by atoms with Gasteiger partial charge < -0.3 is 15.8 Å². The molecule has 8 heteroatoms. The minimum atomic E-state index is -2.17. The van der Waals surface area contributed by atoms with E-state index in [0.717, 1.165) is 0 Å². The number of nitrogens with two attached hydrogens (primary N) is 1. The van der Waals surface area contributed by atoms with Crippen LogP contribution in [0.4, 0.5) is 5.69 Å². The molecule has 1 atom stereocenters. The number of hydrogen-bond acceptors (Lipinski definition) is 5. The van der Waals surface area contributed by atoms with Crippen molar-refractivity contribution in [2.75, 3.05) is 5.32 Å². The Hall–Kier alpha value is -4.95. The second-order valence-corrected chi connectivity index (χ2v) is 7.86. The number of amides is 3. The summed E-state index contributed by atoms with van der Waals surface area (Å²) in [7, 11) is 0. The van der Waals surface area contributed by atoms with Gasteiger partial charge in [-0.15, -0.1) is 0 Å². The highest BCUT2D eigenvalue weighted by Gasteiger charge is 2.49. The van der Waals surface area contributed by atoms with E-state index in [-0.39, 0.29) is 16.8 Å². The van der Waals surface area contributed by atoms with Crippen LogP contribution < -0.4 is 21.3 Å². The van der Waals surface area contributed by atoms with Crippen LogP contribution in [0.1, 0.15) is 21.5 Å². The van der Waals surface area contributed by atoms with Crippen molar-refractivity contribution >= 4 is 23.4 Å². The van der Waals surface area contributed by atoms with Crippen LogP contribution in [0.15, 0.2) is 109 Å². The largest absolute Gasteiger partial charge is 0.457 e. The minimum Gasteiger partial charge on any atom is -0.457 e. The fraction of sp³-hybridized carbons (Fsp3) is 0.0357. The van der Waals surface area contributed by atoms with Crippen molar-refractivity contribution in [2.24, 2.45) is 5.73 Å². The Morgan fingerprint density at radius 2 is 1.33 bits per heavy atom. The number of carbonyl (C=O) groups excluding carboxylic acids is 3. The summed E-state index contributed by atoms with van der Waals surface area (Å²) in [6, 6.07) is 30.0. The topological polar surface area (TPSA) is 131 Å². The molecule has 0 aliphatic carbocycles. The summed E-state index contributed by atoms with van der Waals surface area (Å²) in [5.74, 6) is -1.73. The number of ether oxygens (including phenoxy) is 1. The lowest BCUT2D eigenvalue weighted by molar-refractivity contribution is -0.139. The average molecular weight is 482 g/mol. The molecular weight excluding hydrogens is 458 g/mol. The van der Waals surface area contributed by atoms with Crippen molar-refractivity contribution < 1.29 is 24.3 Å². The molecule has 36 heavy (non-hydrogen) atoms. The molecule has 8 nitrogen and oxygen atoms in total. The predicted molar refractivity (Wildman–Crippen MR) is 134 cm³/mol. The maximum absolute atomic E-state index is 13.2. The van der Waals surface area contributed by atoms with Gasteiger partial charge in [-0.05, 0) is 35.9 Å². The molecular formula is C28H23N3O5. The van der Waals surface area contributed by atoms with E-state index in [1.807, 2.05) is 6.07 Å². The molecule has 0 radical (unpaired) electrons. The summed E-state index contributed by atoms with van der Waals surface area (Å²) < 4.78 is 5.91. The van der Waals surface area contributed by atoms with Gasteiger partial charge in [0.2, 0.25) is 5.91 Å². The zero-order valence-corrected chi connectivity index (χ0v) is 19.0. The summed E-state index contributed by atoms with van der Waals surface area (Å²) in [5, 5.41) is 12.4. The van der Waals surface area contributed by atoms with E-state index >= 15 is 0 Å². The second kappa shape index (κ2) is 10.5. The standard InChI is InChI=1S/C28H23N3O5/c29-26(33)28(27(34)31-35,20-12-6-2-7-13-20)23-17-16-22(36-21-14-8-3-9-15-21)18-24(23)30-25(32)19-10-4-1-5-11-19/h1-18,35H,(H2,29,33)(H,30,32)(H,31,34). The monoisotopic (exact) mass is 481 g/mol. The van der Waals surface area contributed by atoms with Gasteiger partial charge >= 0.3 is 0 Å². The molecule has 0 aromatic heterocycles. The van der Waals surface area contributed by atoms with E-state index in [1.165, 1.54) is 24.3 Å². The molecule has 0 spiro atoms. The first-order chi connectivity index (χ1) is 17.5. The highest BCUT2D eigenvalue weighted by atomic mass is 16.5. The van der Waals surface area contributed by atoms with Crippen LogP contribution in [0.5, 0.6) is 11.5 Å². The van der Waals surface area contributed by atoms with Crippen molar-refractivity contribution in [1.29, 1.82) is 0 Å². The maximum atomic E-state index is 13.2. The lowest BCUT2D eigenvalue weighted by Crippen LogP contribution is -2.53. The zero-order chi connectivity index (χ0) is 25.5. The third-order valence-corrected chi connectivity index (χ3v) is 5.68. The maximum Gasteiger partial charge on any atom is 0.268 e. The smallest absolute Gasteiger partial charge is 0.268 e. The van der Waals surface area contributed by atoms with Gasteiger partial charge in [-0.3, -0.25) is 19.6 Å². The Kier molecular flexibility index (Phi) is 7.08. The van der Waals surface area contributed by atoms with Crippen molar-refractivity contribution in [3.05, 3.63) is 126 Å². The first-order valence-electron chi connectivity index (χ1n) is 11.0. The average Bonchev–Trinajstić information content (AvgIpc) is 2.91. The summed E-state index contributed by atoms with van der Waals surface area (Å²) in [6.45, 7) is 0. The number of nitrogens with one attached hydrogen (secondary N) is 2. The lowest BCUT2D eigenvalue weighted by atomic mass is 9.72. The minimum absolute atomic E-state index is 0.0532. The van der Waals surface area contributed by atoms with Crippen molar-refractivity contribution in [3.63, 3.8) is 0 Å². The fourth-order valence-electron chi connectivity index (χ4n) is 3.99. The molecule has 0 bridgehead atoms. The molecule has 4 rings (SSSR count). The van der Waals surface area contributed by atoms with E-state index in [4.69, 9.17) is 10.5 Å². The normalized spacial score (nSPS) is 12.1. The Morgan fingerprint density at radius 3 is 1.92 bits per heavy atom. The van der Waals surface area contributed by atoms with Gasteiger partial charge in [-0.1, -0.05) is 72.8 Å².